The molecule has 1 amide bonds. The Hall–Kier alpha value is -2.16. The molecule has 1 fully saturated rings. The first-order valence-electron chi connectivity index (χ1n) is 10.7. The number of nitrogens with zero attached hydrogens (tertiary/aromatic N) is 2. The number of hydroxylamine groups is 1. The molecule has 0 radical (unpaired) electrons. The van der Waals surface area contributed by atoms with Crippen molar-refractivity contribution in [3.05, 3.63) is 24.3 Å². The van der Waals surface area contributed by atoms with Gasteiger partial charge in [-0.1, -0.05) is 19.8 Å². The SMILES string of the molecule is CC#CCOc1ccc(S(=O)(=O)N(CCCN2CCOCC2)C(C(=O)NO)C(C)C)cc1. The second kappa shape index (κ2) is 12.8. The molecule has 2 rings (SSSR count). The van der Waals surface area contributed by atoms with Gasteiger partial charge in [0.2, 0.25) is 10.0 Å². The second-order valence-electron chi connectivity index (χ2n) is 7.78. The van der Waals surface area contributed by atoms with Crippen molar-refractivity contribution in [3.63, 3.8) is 0 Å². The van der Waals surface area contributed by atoms with E-state index in [0.29, 0.717) is 31.9 Å². The van der Waals surface area contributed by atoms with Crippen molar-refractivity contribution in [1.82, 2.24) is 14.7 Å². The summed E-state index contributed by atoms with van der Waals surface area (Å²) >= 11 is 0. The van der Waals surface area contributed by atoms with E-state index in [1.807, 2.05) is 0 Å². The minimum Gasteiger partial charge on any atom is -0.481 e. The quantitative estimate of drug-likeness (QED) is 0.287. The van der Waals surface area contributed by atoms with Crippen molar-refractivity contribution >= 4 is 15.9 Å². The smallest absolute Gasteiger partial charge is 0.262 e. The fourth-order valence-corrected chi connectivity index (χ4v) is 5.31. The summed E-state index contributed by atoms with van der Waals surface area (Å²) in [5, 5.41) is 9.24. The first-order chi connectivity index (χ1) is 15.3. The van der Waals surface area contributed by atoms with Crippen LogP contribution in [0.25, 0.3) is 0 Å². The van der Waals surface area contributed by atoms with Crippen LogP contribution in [0.15, 0.2) is 29.2 Å². The molecule has 0 saturated carbocycles. The number of carbonyl (C=O) groups is 1. The van der Waals surface area contributed by atoms with E-state index >= 15 is 0 Å². The first kappa shape index (κ1) is 26.1. The molecule has 0 spiro atoms. The van der Waals surface area contributed by atoms with Crippen LogP contribution in [0.3, 0.4) is 0 Å². The molecule has 1 atom stereocenters. The minimum absolute atomic E-state index is 0.0502. The third-order valence-corrected chi connectivity index (χ3v) is 7.09. The molecule has 1 aliphatic heterocycles. The first-order valence-corrected chi connectivity index (χ1v) is 12.1. The zero-order valence-electron chi connectivity index (χ0n) is 18.9. The van der Waals surface area contributed by atoms with Crippen LogP contribution in [0.5, 0.6) is 5.75 Å². The standard InChI is InChI=1S/C22H33N3O6S/c1-4-5-15-31-19-7-9-20(10-8-19)32(28,29)25(21(18(2)3)22(26)23-27)12-6-11-24-13-16-30-17-14-24/h7-10,18,21,27H,6,11-17H2,1-3H3,(H,23,26). The van der Waals surface area contributed by atoms with Crippen molar-refractivity contribution in [1.29, 1.82) is 0 Å². The number of hydrogen-bond donors (Lipinski definition) is 2. The Balaban J connectivity index is 2.24. The van der Waals surface area contributed by atoms with E-state index < -0.39 is 22.0 Å². The van der Waals surface area contributed by atoms with Gasteiger partial charge in [0.15, 0.2) is 0 Å². The Morgan fingerprint density at radius 2 is 1.94 bits per heavy atom. The number of ether oxygens (including phenoxy) is 2. The van der Waals surface area contributed by atoms with Gasteiger partial charge in [-0.3, -0.25) is 14.9 Å². The summed E-state index contributed by atoms with van der Waals surface area (Å²) in [5.74, 6) is 4.89. The van der Waals surface area contributed by atoms with E-state index in [0.717, 1.165) is 13.1 Å². The highest BCUT2D eigenvalue weighted by molar-refractivity contribution is 7.89. The number of rotatable bonds is 11. The van der Waals surface area contributed by atoms with Gasteiger partial charge in [-0.15, -0.1) is 5.92 Å². The molecule has 1 unspecified atom stereocenters. The van der Waals surface area contributed by atoms with E-state index in [-0.39, 0.29) is 24.0 Å². The Labute approximate surface area is 190 Å². The van der Waals surface area contributed by atoms with Crippen LogP contribution in [0.1, 0.15) is 27.2 Å². The van der Waals surface area contributed by atoms with Gasteiger partial charge >= 0.3 is 0 Å². The summed E-state index contributed by atoms with van der Waals surface area (Å²) in [5.41, 5.74) is 1.62. The molecule has 1 heterocycles. The normalized spacial score (nSPS) is 15.8. The summed E-state index contributed by atoms with van der Waals surface area (Å²) in [6, 6.07) is 4.98. The van der Waals surface area contributed by atoms with Crippen LogP contribution < -0.4 is 10.2 Å². The number of hydrogen-bond acceptors (Lipinski definition) is 7. The molecule has 178 valence electrons. The highest BCUT2D eigenvalue weighted by Gasteiger charge is 2.37. The van der Waals surface area contributed by atoms with Crippen molar-refractivity contribution < 1.29 is 27.9 Å². The molecule has 0 aromatic heterocycles. The van der Waals surface area contributed by atoms with E-state index in [9.17, 15) is 18.4 Å². The fourth-order valence-electron chi connectivity index (χ4n) is 3.55. The predicted molar refractivity (Wildman–Crippen MR) is 120 cm³/mol. The lowest BCUT2D eigenvalue weighted by molar-refractivity contribution is -0.134. The molecular weight excluding hydrogens is 434 g/mol. The molecular formula is C22H33N3O6S. The number of benzene rings is 1. The Morgan fingerprint density at radius 3 is 2.50 bits per heavy atom. The van der Waals surface area contributed by atoms with Crippen LogP contribution in [-0.2, 0) is 19.6 Å². The third-order valence-electron chi connectivity index (χ3n) is 5.20. The predicted octanol–water partition coefficient (Wildman–Crippen LogP) is 1.33. The van der Waals surface area contributed by atoms with Gasteiger partial charge in [-0.25, -0.2) is 13.9 Å². The zero-order valence-corrected chi connectivity index (χ0v) is 19.7. The van der Waals surface area contributed by atoms with Crippen molar-refractivity contribution in [2.24, 2.45) is 5.92 Å². The maximum Gasteiger partial charge on any atom is 0.262 e. The van der Waals surface area contributed by atoms with Gasteiger partial charge in [-0.05, 0) is 50.1 Å². The molecule has 32 heavy (non-hydrogen) atoms. The number of nitrogens with one attached hydrogen (secondary N) is 1. The van der Waals surface area contributed by atoms with E-state index in [1.54, 1.807) is 38.4 Å². The van der Waals surface area contributed by atoms with Crippen LogP contribution in [0, 0.1) is 17.8 Å². The van der Waals surface area contributed by atoms with Gasteiger partial charge in [0.05, 0.1) is 18.1 Å². The topological polar surface area (TPSA) is 108 Å². The molecule has 1 saturated heterocycles. The lowest BCUT2D eigenvalue weighted by atomic mass is 10.0. The van der Waals surface area contributed by atoms with Gasteiger partial charge in [0.25, 0.3) is 5.91 Å². The molecule has 0 aliphatic carbocycles. The molecule has 1 aromatic rings. The van der Waals surface area contributed by atoms with Crippen molar-refractivity contribution in [2.45, 2.75) is 38.1 Å². The highest BCUT2D eigenvalue weighted by Crippen LogP contribution is 2.25. The van der Waals surface area contributed by atoms with E-state index in [4.69, 9.17) is 9.47 Å². The summed E-state index contributed by atoms with van der Waals surface area (Å²) < 4.78 is 39.0. The highest BCUT2D eigenvalue weighted by atomic mass is 32.2. The number of carbonyl (C=O) groups excluding carboxylic acids is 1. The van der Waals surface area contributed by atoms with Crippen LogP contribution in [0.2, 0.25) is 0 Å². The largest absolute Gasteiger partial charge is 0.481 e. The Bertz CT molecular complexity index is 886. The van der Waals surface area contributed by atoms with Gasteiger partial charge < -0.3 is 9.47 Å². The van der Waals surface area contributed by atoms with Crippen LogP contribution in [-0.4, -0.2) is 80.8 Å². The number of amides is 1. The summed E-state index contributed by atoms with van der Waals surface area (Å²) in [7, 11) is -4.01. The van der Waals surface area contributed by atoms with Gasteiger partial charge in [-0.2, -0.15) is 4.31 Å². The Morgan fingerprint density at radius 1 is 1.28 bits per heavy atom. The number of sulfonamides is 1. The lowest BCUT2D eigenvalue weighted by Gasteiger charge is -2.33. The third kappa shape index (κ3) is 7.18. The van der Waals surface area contributed by atoms with Crippen LogP contribution in [0.4, 0.5) is 0 Å². The van der Waals surface area contributed by atoms with Crippen molar-refractivity contribution in [2.75, 3.05) is 46.0 Å². The summed E-state index contributed by atoms with van der Waals surface area (Å²) in [6.45, 7) is 9.13. The molecule has 0 bridgehead atoms. The van der Waals surface area contributed by atoms with E-state index in [1.165, 1.54) is 16.4 Å². The van der Waals surface area contributed by atoms with Gasteiger partial charge in [0.1, 0.15) is 18.4 Å². The van der Waals surface area contributed by atoms with E-state index in [2.05, 4.69) is 16.7 Å². The second-order valence-corrected chi connectivity index (χ2v) is 9.67. The average Bonchev–Trinajstić information content (AvgIpc) is 2.79. The molecule has 10 heteroatoms. The van der Waals surface area contributed by atoms with Crippen LogP contribution >= 0.6 is 0 Å². The lowest BCUT2D eigenvalue weighted by Crippen LogP contribution is -2.52. The maximum atomic E-state index is 13.5. The molecule has 1 aliphatic rings. The summed E-state index contributed by atoms with van der Waals surface area (Å²) in [4.78, 5) is 14.7. The zero-order chi connectivity index (χ0) is 23.6. The number of morpholine rings is 1. The monoisotopic (exact) mass is 467 g/mol. The maximum absolute atomic E-state index is 13.5. The molecule has 2 N–H and O–H groups in total. The molecule has 9 nitrogen and oxygen atoms in total. The van der Waals surface area contributed by atoms with Crippen molar-refractivity contribution in [3.8, 4) is 17.6 Å². The molecule has 1 aromatic carbocycles. The summed E-state index contributed by atoms with van der Waals surface area (Å²) in [6.07, 6.45) is 0.540. The average molecular weight is 468 g/mol. The fraction of sp³-hybridized carbons (Fsp3) is 0.591. The van der Waals surface area contributed by atoms with Gasteiger partial charge in [0, 0.05) is 19.6 Å². The minimum atomic E-state index is -4.01. The Kier molecular flexibility index (Phi) is 10.4.